The lowest BCUT2D eigenvalue weighted by molar-refractivity contribution is 0.0931. The number of furan rings is 1. The van der Waals surface area contributed by atoms with Gasteiger partial charge in [0.05, 0.1) is 7.11 Å². The Morgan fingerprint density at radius 1 is 1.13 bits per heavy atom. The maximum atomic E-state index is 11.7. The molecule has 162 valence electrons. The van der Waals surface area contributed by atoms with Crippen LogP contribution in [0, 0.1) is 0 Å². The summed E-state index contributed by atoms with van der Waals surface area (Å²) in [6, 6.07) is 17.5. The molecule has 0 bridgehead atoms. The quantitative estimate of drug-likeness (QED) is 0.627. The molecule has 0 aliphatic carbocycles. The highest BCUT2D eigenvalue weighted by atomic mass is 16.5. The number of rotatable bonds is 7. The molecule has 31 heavy (non-hydrogen) atoms. The maximum Gasteiger partial charge on any atom is 0.286 e. The average Bonchev–Trinajstić information content (AvgIpc) is 3.18. The van der Waals surface area contributed by atoms with Gasteiger partial charge in [-0.25, -0.2) is 0 Å². The number of methoxy groups -OCH3 is 1. The average molecular weight is 422 g/mol. The molecule has 0 fully saturated rings. The molecule has 3 aromatic rings. The van der Waals surface area contributed by atoms with Gasteiger partial charge in [-0.2, -0.15) is 0 Å². The summed E-state index contributed by atoms with van der Waals surface area (Å²) >= 11 is 0. The van der Waals surface area contributed by atoms with E-state index in [1.807, 2.05) is 36.4 Å². The van der Waals surface area contributed by atoms with Crippen molar-refractivity contribution < 1.29 is 23.4 Å². The molecule has 0 unspecified atom stereocenters. The summed E-state index contributed by atoms with van der Waals surface area (Å²) in [6.07, 6.45) is 0. The first-order valence-corrected chi connectivity index (χ1v) is 10.2. The van der Waals surface area contributed by atoms with Crippen LogP contribution in [-0.4, -0.2) is 38.1 Å². The van der Waals surface area contributed by atoms with Crippen molar-refractivity contribution in [2.75, 3.05) is 27.3 Å². The summed E-state index contributed by atoms with van der Waals surface area (Å²) in [5, 5.41) is 2.54. The highest BCUT2D eigenvalue weighted by Gasteiger charge is 2.16. The van der Waals surface area contributed by atoms with Gasteiger partial charge < -0.3 is 23.9 Å². The third-order valence-electron chi connectivity index (χ3n) is 5.15. The maximum absolute atomic E-state index is 11.7. The first kappa shape index (κ1) is 20.8. The van der Waals surface area contributed by atoms with E-state index in [4.69, 9.17) is 18.6 Å². The van der Waals surface area contributed by atoms with Crippen LogP contribution in [0.1, 0.15) is 27.4 Å². The minimum absolute atomic E-state index is 0.196. The zero-order valence-corrected chi connectivity index (χ0v) is 17.7. The van der Waals surface area contributed by atoms with Gasteiger partial charge in [0.2, 0.25) is 0 Å². The van der Waals surface area contributed by atoms with Crippen molar-refractivity contribution in [1.82, 2.24) is 10.2 Å². The normalized spacial score (nSPS) is 13.6. The van der Waals surface area contributed by atoms with E-state index < -0.39 is 0 Å². The fraction of sp³-hybridized carbons (Fsp3) is 0.292. The number of hydrogen-bond acceptors (Lipinski definition) is 6. The van der Waals surface area contributed by atoms with Crippen LogP contribution < -0.4 is 19.5 Å². The molecule has 0 saturated heterocycles. The number of amides is 1. The van der Waals surface area contributed by atoms with Crippen LogP contribution in [0.3, 0.4) is 0 Å². The predicted octanol–water partition coefficient (Wildman–Crippen LogP) is 3.62. The molecule has 0 saturated carbocycles. The highest BCUT2D eigenvalue weighted by Crippen LogP contribution is 2.30. The number of carbonyl (C=O) groups is 1. The number of hydrogen-bond donors (Lipinski definition) is 1. The highest BCUT2D eigenvalue weighted by molar-refractivity contribution is 5.91. The van der Waals surface area contributed by atoms with E-state index in [-0.39, 0.29) is 18.3 Å². The van der Waals surface area contributed by atoms with Gasteiger partial charge in [0.15, 0.2) is 17.3 Å². The summed E-state index contributed by atoms with van der Waals surface area (Å²) in [7, 11) is 3.17. The van der Waals surface area contributed by atoms with Crippen molar-refractivity contribution in [2.45, 2.75) is 19.7 Å². The Kier molecular flexibility index (Phi) is 6.43. The lowest BCUT2D eigenvalue weighted by Crippen LogP contribution is -2.25. The Morgan fingerprint density at radius 3 is 2.84 bits per heavy atom. The fourth-order valence-corrected chi connectivity index (χ4v) is 3.55. The zero-order chi connectivity index (χ0) is 21.6. The number of benzene rings is 2. The Balaban J connectivity index is 1.45. The summed E-state index contributed by atoms with van der Waals surface area (Å²) in [5.74, 6) is 2.78. The van der Waals surface area contributed by atoms with E-state index in [9.17, 15) is 4.79 Å². The minimum Gasteiger partial charge on any atom is -0.493 e. The molecule has 7 heteroatoms. The Morgan fingerprint density at radius 2 is 2.00 bits per heavy atom. The van der Waals surface area contributed by atoms with Gasteiger partial charge in [-0.05, 0) is 35.9 Å². The number of nitrogens with one attached hydrogen (secondary N) is 1. The van der Waals surface area contributed by atoms with E-state index in [1.165, 1.54) is 5.56 Å². The molecule has 2 heterocycles. The zero-order valence-electron chi connectivity index (χ0n) is 17.7. The molecule has 4 rings (SSSR count). The second kappa shape index (κ2) is 9.57. The van der Waals surface area contributed by atoms with Crippen LogP contribution in [0.4, 0.5) is 0 Å². The fourth-order valence-electron chi connectivity index (χ4n) is 3.55. The summed E-state index contributed by atoms with van der Waals surface area (Å²) in [6.45, 7) is 3.28. The van der Waals surface area contributed by atoms with E-state index >= 15 is 0 Å². The molecule has 0 spiro atoms. The molecule has 1 aliphatic rings. The summed E-state index contributed by atoms with van der Waals surface area (Å²) < 4.78 is 22.8. The first-order valence-electron chi connectivity index (χ1n) is 10.2. The van der Waals surface area contributed by atoms with E-state index in [0.717, 1.165) is 30.9 Å². The Bertz CT molecular complexity index is 1050. The van der Waals surface area contributed by atoms with Crippen LogP contribution in [0.5, 0.6) is 17.2 Å². The van der Waals surface area contributed by atoms with E-state index in [1.54, 1.807) is 26.3 Å². The van der Waals surface area contributed by atoms with Crippen molar-refractivity contribution >= 4 is 5.91 Å². The lowest BCUT2D eigenvalue weighted by Gasteiger charge is -2.20. The third-order valence-corrected chi connectivity index (χ3v) is 5.15. The van der Waals surface area contributed by atoms with Gasteiger partial charge in [0.1, 0.15) is 24.7 Å². The van der Waals surface area contributed by atoms with Crippen molar-refractivity contribution in [1.29, 1.82) is 0 Å². The van der Waals surface area contributed by atoms with Crippen LogP contribution >= 0.6 is 0 Å². The largest absolute Gasteiger partial charge is 0.493 e. The monoisotopic (exact) mass is 422 g/mol. The lowest BCUT2D eigenvalue weighted by atomic mass is 10.1. The molecule has 2 aromatic carbocycles. The minimum atomic E-state index is -0.270. The second-order valence-corrected chi connectivity index (χ2v) is 7.29. The number of nitrogens with zero attached hydrogens (tertiary/aromatic N) is 1. The number of carbonyl (C=O) groups excluding carboxylic acids is 1. The molecule has 1 aromatic heterocycles. The van der Waals surface area contributed by atoms with Gasteiger partial charge >= 0.3 is 0 Å². The Hall–Kier alpha value is -3.45. The van der Waals surface area contributed by atoms with Gasteiger partial charge in [-0.3, -0.25) is 9.69 Å². The molecular formula is C24H26N2O5. The second-order valence-electron chi connectivity index (χ2n) is 7.29. The van der Waals surface area contributed by atoms with Crippen molar-refractivity contribution in [2.24, 2.45) is 0 Å². The molecule has 1 aliphatic heterocycles. The number of fused-ring (bicyclic) bond motifs is 1. The van der Waals surface area contributed by atoms with Crippen LogP contribution in [0.15, 0.2) is 59.0 Å². The van der Waals surface area contributed by atoms with Crippen LogP contribution in [0.25, 0.3) is 0 Å². The topological polar surface area (TPSA) is 73.2 Å². The van der Waals surface area contributed by atoms with Gasteiger partial charge in [-0.15, -0.1) is 0 Å². The first-order chi connectivity index (χ1) is 15.2. The number of ether oxygens (including phenoxy) is 3. The molecular weight excluding hydrogens is 396 g/mol. The molecule has 1 N–H and O–H groups in total. The van der Waals surface area contributed by atoms with E-state index in [0.29, 0.717) is 23.9 Å². The standard InChI is InChI=1S/C24H26N2O5/c1-25-24(27)22-10-8-19(31-22)16-30-23-13-17(7-9-21(23)28-2)14-26-11-12-29-20-6-4-3-5-18(20)15-26/h3-10,13H,11-12,14-16H2,1-2H3,(H,25,27). The molecule has 7 nitrogen and oxygen atoms in total. The molecule has 1 amide bonds. The van der Waals surface area contributed by atoms with Gasteiger partial charge in [0, 0.05) is 32.2 Å². The van der Waals surface area contributed by atoms with Crippen molar-refractivity contribution in [3.8, 4) is 17.2 Å². The Labute approximate surface area is 181 Å². The molecule has 0 radical (unpaired) electrons. The van der Waals surface area contributed by atoms with E-state index in [2.05, 4.69) is 16.3 Å². The smallest absolute Gasteiger partial charge is 0.286 e. The van der Waals surface area contributed by atoms with Gasteiger partial charge in [0.25, 0.3) is 5.91 Å². The van der Waals surface area contributed by atoms with Crippen molar-refractivity contribution in [3.63, 3.8) is 0 Å². The summed E-state index contributed by atoms with van der Waals surface area (Å²) in [4.78, 5) is 14.0. The van der Waals surface area contributed by atoms with Crippen LogP contribution in [0.2, 0.25) is 0 Å². The SMILES string of the molecule is CNC(=O)c1ccc(COc2cc(CN3CCOc4ccccc4C3)ccc2OC)o1. The van der Waals surface area contributed by atoms with Gasteiger partial charge in [-0.1, -0.05) is 24.3 Å². The summed E-state index contributed by atoms with van der Waals surface area (Å²) in [5.41, 5.74) is 2.30. The third kappa shape index (κ3) is 5.00. The molecule has 0 atom stereocenters. The number of para-hydroxylation sites is 1. The van der Waals surface area contributed by atoms with Crippen molar-refractivity contribution in [3.05, 3.63) is 77.2 Å². The predicted molar refractivity (Wildman–Crippen MR) is 115 cm³/mol. The van der Waals surface area contributed by atoms with Crippen LogP contribution in [-0.2, 0) is 19.7 Å².